The number of ketones is 1. The number of fused-ring (bicyclic) bond motifs is 1. The van der Waals surface area contributed by atoms with Gasteiger partial charge in [-0.15, -0.1) is 0 Å². The molecule has 9 heteroatoms. The summed E-state index contributed by atoms with van der Waals surface area (Å²) in [5, 5.41) is 5.60. The normalized spacial score (nSPS) is 22.5. The molecule has 2 amide bonds. The van der Waals surface area contributed by atoms with Crippen LogP contribution in [0.25, 0.3) is 0 Å². The molecule has 2 aromatic rings. The summed E-state index contributed by atoms with van der Waals surface area (Å²) in [6, 6.07) is 14.7. The number of benzene rings is 2. The lowest BCUT2D eigenvalue weighted by Gasteiger charge is -2.26. The van der Waals surface area contributed by atoms with Crippen molar-refractivity contribution in [3.05, 3.63) is 65.7 Å². The number of hydrogen-bond acceptors (Lipinski definition) is 7. The van der Waals surface area contributed by atoms with Crippen molar-refractivity contribution < 1.29 is 28.7 Å². The zero-order chi connectivity index (χ0) is 23.4. The fourth-order valence-corrected chi connectivity index (χ4v) is 3.98. The van der Waals surface area contributed by atoms with Crippen molar-refractivity contribution in [1.29, 1.82) is 0 Å². The lowest BCUT2D eigenvalue weighted by atomic mass is 10.0. The molecule has 1 unspecified atom stereocenters. The van der Waals surface area contributed by atoms with Gasteiger partial charge in [0.15, 0.2) is 5.78 Å². The zero-order valence-corrected chi connectivity index (χ0v) is 18.2. The van der Waals surface area contributed by atoms with Gasteiger partial charge in [0.2, 0.25) is 18.1 Å². The maximum atomic E-state index is 13.1. The van der Waals surface area contributed by atoms with E-state index in [1.54, 1.807) is 31.3 Å². The Kier molecular flexibility index (Phi) is 6.81. The largest absolute Gasteiger partial charge is 0.433 e. The predicted molar refractivity (Wildman–Crippen MR) is 118 cm³/mol. The van der Waals surface area contributed by atoms with Gasteiger partial charge in [0, 0.05) is 12.0 Å². The number of para-hydroxylation sites is 1. The van der Waals surface area contributed by atoms with Gasteiger partial charge in [-0.25, -0.2) is 0 Å². The summed E-state index contributed by atoms with van der Waals surface area (Å²) < 4.78 is 10.9. The van der Waals surface area contributed by atoms with E-state index in [0.717, 1.165) is 5.56 Å². The van der Waals surface area contributed by atoms with Gasteiger partial charge in [-0.2, -0.15) is 0 Å². The molecule has 2 heterocycles. The first-order valence-corrected chi connectivity index (χ1v) is 10.7. The first-order valence-electron chi connectivity index (χ1n) is 10.7. The summed E-state index contributed by atoms with van der Waals surface area (Å²) in [6.07, 6.45) is -0.960. The summed E-state index contributed by atoms with van der Waals surface area (Å²) in [6.45, 7) is -0.0908. The Morgan fingerprint density at radius 2 is 1.79 bits per heavy atom. The Morgan fingerprint density at radius 3 is 2.55 bits per heavy atom. The van der Waals surface area contributed by atoms with E-state index in [9.17, 15) is 19.2 Å². The highest BCUT2D eigenvalue weighted by atomic mass is 16.7. The first-order chi connectivity index (χ1) is 16.0. The molecule has 2 aromatic carbocycles. The number of carbonyl (C=O) groups excluding carboxylic acids is 4. The summed E-state index contributed by atoms with van der Waals surface area (Å²) in [4.78, 5) is 51.7. The number of amides is 2. The minimum absolute atomic E-state index is 0.00479. The Hall–Kier alpha value is -3.56. The molecule has 2 aliphatic rings. The average molecular weight is 451 g/mol. The molecule has 2 N–H and O–H groups in total. The Balaban J connectivity index is 1.46. The highest BCUT2D eigenvalue weighted by molar-refractivity contribution is 6.13. The van der Waals surface area contributed by atoms with E-state index in [1.807, 2.05) is 30.3 Å². The second-order valence-corrected chi connectivity index (χ2v) is 7.94. The van der Waals surface area contributed by atoms with Crippen LogP contribution < -0.4 is 15.5 Å². The molecular formula is C24H25N3O6. The monoisotopic (exact) mass is 451 g/mol. The smallest absolute Gasteiger partial charge is 0.310 e. The maximum absolute atomic E-state index is 13.1. The quantitative estimate of drug-likeness (QED) is 0.608. The lowest BCUT2D eigenvalue weighted by Crippen LogP contribution is -2.51. The molecule has 0 aliphatic carbocycles. The van der Waals surface area contributed by atoms with E-state index in [4.69, 9.17) is 9.47 Å². The number of hydrogen-bond donors (Lipinski definition) is 2. The third kappa shape index (κ3) is 5.10. The second-order valence-electron chi connectivity index (χ2n) is 7.94. The van der Waals surface area contributed by atoms with Crippen LogP contribution in [0.4, 0.5) is 5.69 Å². The van der Waals surface area contributed by atoms with Crippen molar-refractivity contribution in [2.45, 2.75) is 37.8 Å². The maximum Gasteiger partial charge on any atom is 0.310 e. The lowest BCUT2D eigenvalue weighted by molar-refractivity contribution is -0.168. The van der Waals surface area contributed by atoms with Gasteiger partial charge in [-0.3, -0.25) is 19.2 Å². The van der Waals surface area contributed by atoms with Crippen LogP contribution in [0.15, 0.2) is 54.6 Å². The summed E-state index contributed by atoms with van der Waals surface area (Å²) in [5.41, 5.74) is 1.68. The molecule has 172 valence electrons. The molecule has 1 fully saturated rings. The number of ether oxygens (including phenoxy) is 2. The molecule has 0 saturated carbocycles. The van der Waals surface area contributed by atoms with Gasteiger partial charge in [-0.1, -0.05) is 42.5 Å². The number of esters is 1. The van der Waals surface area contributed by atoms with Crippen LogP contribution in [0.2, 0.25) is 0 Å². The molecule has 3 atom stereocenters. The highest BCUT2D eigenvalue weighted by Crippen LogP contribution is 2.27. The number of carbonyl (C=O) groups is 4. The van der Waals surface area contributed by atoms with Gasteiger partial charge < -0.3 is 25.0 Å². The van der Waals surface area contributed by atoms with Crippen LogP contribution in [-0.2, 0) is 30.5 Å². The number of Topliss-reactive ketones (excluding diaryl/α,β-unsaturated/α-hetero) is 1. The Labute approximate surface area is 191 Å². The molecule has 33 heavy (non-hydrogen) atoms. The number of nitrogens with zero attached hydrogens (tertiary/aromatic N) is 1. The van der Waals surface area contributed by atoms with Crippen molar-refractivity contribution in [3.63, 3.8) is 0 Å². The van der Waals surface area contributed by atoms with Crippen molar-refractivity contribution in [3.8, 4) is 0 Å². The standard InChI is InChI=1S/C24H25N3O6/c1-25-17-11-20(28)16-9-5-6-10-19(16)27(23(17)31)13-21(29)26-18-12-22(30)33-24(18)32-14-15-7-3-2-4-8-15/h2-10,17-18,24-25H,11-14H2,1H3,(H,26,29)/t17-,18-,24?/m0/s1. The van der Waals surface area contributed by atoms with Crippen molar-refractivity contribution >= 4 is 29.3 Å². The van der Waals surface area contributed by atoms with Gasteiger partial charge >= 0.3 is 5.97 Å². The van der Waals surface area contributed by atoms with Crippen LogP contribution in [0, 0.1) is 0 Å². The van der Waals surface area contributed by atoms with E-state index in [2.05, 4.69) is 10.6 Å². The van der Waals surface area contributed by atoms with Gasteiger partial charge in [-0.05, 0) is 24.7 Å². The van der Waals surface area contributed by atoms with E-state index >= 15 is 0 Å². The minimum atomic E-state index is -0.930. The number of rotatable bonds is 7. The van der Waals surface area contributed by atoms with Crippen molar-refractivity contribution in [2.24, 2.45) is 0 Å². The number of anilines is 1. The summed E-state index contributed by atoms with van der Waals surface area (Å²) in [7, 11) is 1.60. The van der Waals surface area contributed by atoms with E-state index in [-0.39, 0.29) is 37.7 Å². The topological polar surface area (TPSA) is 114 Å². The van der Waals surface area contributed by atoms with E-state index in [1.165, 1.54) is 4.90 Å². The molecule has 1 saturated heterocycles. The van der Waals surface area contributed by atoms with Gasteiger partial charge in [0.25, 0.3) is 0 Å². The van der Waals surface area contributed by atoms with Crippen LogP contribution >= 0.6 is 0 Å². The Morgan fingerprint density at radius 1 is 1.06 bits per heavy atom. The molecule has 0 spiro atoms. The molecule has 0 bridgehead atoms. The summed E-state index contributed by atoms with van der Waals surface area (Å²) in [5.74, 6) is -1.51. The number of nitrogens with one attached hydrogen (secondary N) is 2. The molecule has 4 rings (SSSR count). The third-order valence-electron chi connectivity index (χ3n) is 5.67. The van der Waals surface area contributed by atoms with E-state index < -0.39 is 30.3 Å². The van der Waals surface area contributed by atoms with Gasteiger partial charge in [0.05, 0.1) is 24.8 Å². The second kappa shape index (κ2) is 9.93. The van der Waals surface area contributed by atoms with Crippen LogP contribution in [0.5, 0.6) is 0 Å². The van der Waals surface area contributed by atoms with E-state index in [0.29, 0.717) is 11.3 Å². The fourth-order valence-electron chi connectivity index (χ4n) is 3.98. The van der Waals surface area contributed by atoms with Crippen molar-refractivity contribution in [2.75, 3.05) is 18.5 Å². The third-order valence-corrected chi connectivity index (χ3v) is 5.67. The average Bonchev–Trinajstić information content (AvgIpc) is 3.13. The highest BCUT2D eigenvalue weighted by Gasteiger charge is 2.38. The van der Waals surface area contributed by atoms with Crippen LogP contribution in [0.1, 0.15) is 28.8 Å². The first kappa shape index (κ1) is 22.6. The van der Waals surface area contributed by atoms with Crippen LogP contribution in [-0.4, -0.2) is 55.5 Å². The predicted octanol–water partition coefficient (Wildman–Crippen LogP) is 1.17. The number of likely N-dealkylation sites (N-methyl/N-ethyl adjacent to an activating group) is 1. The fraction of sp³-hybridized carbons (Fsp3) is 0.333. The minimum Gasteiger partial charge on any atom is -0.433 e. The molecular weight excluding hydrogens is 426 g/mol. The number of cyclic esters (lactones) is 1. The van der Waals surface area contributed by atoms with Crippen LogP contribution in [0.3, 0.4) is 0 Å². The van der Waals surface area contributed by atoms with Gasteiger partial charge in [0.1, 0.15) is 12.6 Å². The molecule has 0 radical (unpaired) electrons. The SMILES string of the molecule is CN[C@H]1CC(=O)c2ccccc2N(CC(=O)N[C@H]2CC(=O)OC2OCc2ccccc2)C1=O. The zero-order valence-electron chi connectivity index (χ0n) is 18.2. The summed E-state index contributed by atoms with van der Waals surface area (Å²) >= 11 is 0. The van der Waals surface area contributed by atoms with Crippen molar-refractivity contribution in [1.82, 2.24) is 10.6 Å². The molecule has 0 aromatic heterocycles. The molecule has 2 aliphatic heterocycles. The molecule has 9 nitrogen and oxygen atoms in total. The Bertz CT molecular complexity index is 1060.